The maximum atomic E-state index is 10.6. The minimum Gasteiger partial charge on any atom is -0.475 e. The van der Waals surface area contributed by atoms with Gasteiger partial charge in [-0.3, -0.25) is 4.90 Å². The molecule has 9 nitrogen and oxygen atoms in total. The molecule has 3 rings (SSSR count). The van der Waals surface area contributed by atoms with Crippen LogP contribution in [0.4, 0.5) is 32.3 Å². The first-order valence-electron chi connectivity index (χ1n) is 9.09. The van der Waals surface area contributed by atoms with Gasteiger partial charge in [-0.15, -0.1) is 0 Å². The van der Waals surface area contributed by atoms with Crippen LogP contribution < -0.4 is 4.90 Å². The predicted molar refractivity (Wildman–Crippen MR) is 100 cm³/mol. The summed E-state index contributed by atoms with van der Waals surface area (Å²) in [6.07, 6.45) is -4.82. The Balaban J connectivity index is 0.000000324. The first-order valence-corrected chi connectivity index (χ1v) is 9.09. The lowest BCUT2D eigenvalue weighted by atomic mass is 10.2. The number of aryl methyl sites for hydroxylation is 1. The van der Waals surface area contributed by atoms with Gasteiger partial charge in [-0.2, -0.15) is 26.3 Å². The molecule has 0 saturated carbocycles. The van der Waals surface area contributed by atoms with Crippen LogP contribution in [0.25, 0.3) is 0 Å². The highest BCUT2D eigenvalue weighted by molar-refractivity contribution is 5.73. The molecule has 2 N–H and O–H groups in total. The average Bonchev–Trinajstić information content (AvgIpc) is 3.13. The highest BCUT2D eigenvalue weighted by Crippen LogP contribution is 2.16. The van der Waals surface area contributed by atoms with Gasteiger partial charge in [0.2, 0.25) is 5.95 Å². The second kappa shape index (κ2) is 12.0. The van der Waals surface area contributed by atoms with Crippen LogP contribution >= 0.6 is 0 Å². The third-order valence-electron chi connectivity index (χ3n) is 4.03. The van der Waals surface area contributed by atoms with Gasteiger partial charge in [-0.05, 0) is 24.6 Å². The van der Waals surface area contributed by atoms with Crippen LogP contribution in [0.15, 0.2) is 35.2 Å². The van der Waals surface area contributed by atoms with E-state index in [-0.39, 0.29) is 0 Å². The van der Waals surface area contributed by atoms with Crippen molar-refractivity contribution in [3.63, 3.8) is 0 Å². The van der Waals surface area contributed by atoms with Gasteiger partial charge in [0.25, 0.3) is 0 Å². The van der Waals surface area contributed by atoms with Crippen molar-refractivity contribution in [3.05, 3.63) is 42.1 Å². The van der Waals surface area contributed by atoms with Crippen molar-refractivity contribution in [3.8, 4) is 0 Å². The van der Waals surface area contributed by atoms with Crippen LogP contribution in [-0.2, 0) is 16.1 Å². The molecule has 184 valence electrons. The summed E-state index contributed by atoms with van der Waals surface area (Å²) in [5.74, 6) is -3.61. The number of carboxylic acids is 2. The Hall–Kier alpha value is -3.36. The molecule has 0 aromatic carbocycles. The SMILES string of the molecule is Cc1ccoc1CN1CCN(c2ncccn2)CC1.O=C(O)C(F)(F)F.O=C(O)C(F)(F)F. The number of nitrogens with zero attached hydrogens (tertiary/aromatic N) is 4. The smallest absolute Gasteiger partial charge is 0.475 e. The van der Waals surface area contributed by atoms with Crippen molar-refractivity contribution in [2.45, 2.75) is 25.8 Å². The van der Waals surface area contributed by atoms with Gasteiger partial charge in [0.1, 0.15) is 5.76 Å². The number of carboxylic acid groups (broad SMARTS) is 2. The Morgan fingerprint density at radius 3 is 1.79 bits per heavy atom. The minimum absolute atomic E-state index is 0.830. The fraction of sp³-hybridized carbons (Fsp3) is 0.444. The van der Waals surface area contributed by atoms with Crippen LogP contribution in [0.5, 0.6) is 0 Å². The first kappa shape index (κ1) is 27.7. The van der Waals surface area contributed by atoms with Crippen molar-refractivity contribution < 1.29 is 50.6 Å². The van der Waals surface area contributed by atoms with Gasteiger partial charge >= 0.3 is 24.3 Å². The number of furan rings is 1. The van der Waals surface area contributed by atoms with Crippen LogP contribution in [0.2, 0.25) is 0 Å². The predicted octanol–water partition coefficient (Wildman–Crippen LogP) is 2.97. The zero-order valence-electron chi connectivity index (χ0n) is 17.1. The fourth-order valence-electron chi connectivity index (χ4n) is 2.33. The normalized spacial score (nSPS) is 14.5. The molecule has 15 heteroatoms. The Labute approximate surface area is 183 Å². The van der Waals surface area contributed by atoms with E-state index in [2.05, 4.69) is 26.7 Å². The van der Waals surface area contributed by atoms with Gasteiger partial charge in [0.05, 0.1) is 12.8 Å². The number of hydrogen-bond acceptors (Lipinski definition) is 7. The zero-order chi connectivity index (χ0) is 25.2. The van der Waals surface area contributed by atoms with Gasteiger partial charge in [-0.25, -0.2) is 19.6 Å². The summed E-state index contributed by atoms with van der Waals surface area (Å²) in [6, 6.07) is 3.86. The summed E-state index contributed by atoms with van der Waals surface area (Å²) in [4.78, 5) is 31.0. The summed E-state index contributed by atoms with van der Waals surface area (Å²) in [7, 11) is 0. The van der Waals surface area contributed by atoms with E-state index in [9.17, 15) is 26.3 Å². The number of aromatic nitrogens is 2. The molecule has 0 unspecified atom stereocenters. The highest BCUT2D eigenvalue weighted by Gasteiger charge is 2.38. The van der Waals surface area contributed by atoms with E-state index >= 15 is 0 Å². The van der Waals surface area contributed by atoms with Crippen LogP contribution in [0.1, 0.15) is 11.3 Å². The Morgan fingerprint density at radius 1 is 0.970 bits per heavy atom. The molecule has 0 amide bonds. The van der Waals surface area contributed by atoms with E-state index < -0.39 is 24.3 Å². The van der Waals surface area contributed by atoms with Gasteiger partial charge in [0.15, 0.2) is 0 Å². The highest BCUT2D eigenvalue weighted by atomic mass is 19.4. The molecule has 0 radical (unpaired) electrons. The molecule has 1 aliphatic rings. The average molecular weight is 486 g/mol. The molecule has 0 aliphatic carbocycles. The number of carbonyl (C=O) groups is 2. The molecule has 0 bridgehead atoms. The van der Waals surface area contributed by atoms with Crippen molar-refractivity contribution in [2.75, 3.05) is 31.1 Å². The molecular formula is C18H20F6N4O5. The zero-order valence-corrected chi connectivity index (χ0v) is 17.1. The molecule has 1 saturated heterocycles. The maximum absolute atomic E-state index is 10.6. The van der Waals surface area contributed by atoms with E-state index in [0.29, 0.717) is 0 Å². The second-order valence-corrected chi connectivity index (χ2v) is 6.44. The summed E-state index contributed by atoms with van der Waals surface area (Å²) in [5.41, 5.74) is 1.23. The minimum atomic E-state index is -5.08. The van der Waals surface area contributed by atoms with Crippen molar-refractivity contribution in [1.29, 1.82) is 0 Å². The molecular weight excluding hydrogens is 466 g/mol. The van der Waals surface area contributed by atoms with Crippen molar-refractivity contribution in [1.82, 2.24) is 14.9 Å². The molecule has 0 spiro atoms. The number of hydrogen-bond donors (Lipinski definition) is 2. The number of aliphatic carboxylic acids is 2. The Bertz CT molecular complexity index is 856. The van der Waals surface area contributed by atoms with E-state index in [0.717, 1.165) is 44.4 Å². The third kappa shape index (κ3) is 10.2. The van der Waals surface area contributed by atoms with Gasteiger partial charge in [-0.1, -0.05) is 0 Å². The number of halogens is 6. The Morgan fingerprint density at radius 2 is 1.42 bits per heavy atom. The molecule has 2 aromatic rings. The molecule has 0 atom stereocenters. The Kier molecular flexibility index (Phi) is 10.1. The lowest BCUT2D eigenvalue weighted by Crippen LogP contribution is -2.46. The molecule has 2 aromatic heterocycles. The van der Waals surface area contributed by atoms with Crippen molar-refractivity contribution >= 4 is 17.9 Å². The van der Waals surface area contributed by atoms with Gasteiger partial charge in [0, 0.05) is 38.6 Å². The number of alkyl halides is 6. The summed E-state index contributed by atoms with van der Waals surface area (Å²) < 4.78 is 69.0. The van der Waals surface area contributed by atoms with Gasteiger partial charge < -0.3 is 19.5 Å². The lowest BCUT2D eigenvalue weighted by molar-refractivity contribution is -0.193. The number of piperazine rings is 1. The van der Waals surface area contributed by atoms with E-state index in [4.69, 9.17) is 24.2 Å². The monoisotopic (exact) mass is 486 g/mol. The van der Waals surface area contributed by atoms with Crippen LogP contribution in [0, 0.1) is 6.92 Å². The summed E-state index contributed by atoms with van der Waals surface area (Å²) in [6.45, 7) is 6.93. The molecule has 3 heterocycles. The van der Waals surface area contributed by atoms with Crippen molar-refractivity contribution in [2.24, 2.45) is 0 Å². The largest absolute Gasteiger partial charge is 0.490 e. The summed E-state index contributed by atoms with van der Waals surface area (Å²) in [5, 5.41) is 14.2. The maximum Gasteiger partial charge on any atom is 0.490 e. The van der Waals surface area contributed by atoms with Crippen LogP contribution in [0.3, 0.4) is 0 Å². The molecule has 1 fully saturated rings. The third-order valence-corrected chi connectivity index (χ3v) is 4.03. The molecule has 33 heavy (non-hydrogen) atoms. The first-order chi connectivity index (χ1) is 15.2. The number of rotatable bonds is 3. The quantitative estimate of drug-likeness (QED) is 0.631. The lowest BCUT2D eigenvalue weighted by Gasteiger charge is -2.34. The standard InChI is InChI=1S/C14H18N4O.2C2HF3O2/c1-12-3-10-19-13(12)11-17-6-8-18(9-7-17)14-15-4-2-5-16-14;2*3-2(4,5)1(6)7/h2-5,10H,6-9,11H2,1H3;2*(H,6,7). The summed E-state index contributed by atoms with van der Waals surface area (Å²) >= 11 is 0. The van der Waals surface area contributed by atoms with Crippen LogP contribution in [-0.4, -0.2) is 75.6 Å². The second-order valence-electron chi connectivity index (χ2n) is 6.44. The van der Waals surface area contributed by atoms with E-state index in [1.807, 2.05) is 12.1 Å². The number of anilines is 1. The fourth-order valence-corrected chi connectivity index (χ4v) is 2.33. The topological polar surface area (TPSA) is 120 Å². The van der Waals surface area contributed by atoms with E-state index in [1.165, 1.54) is 5.56 Å². The van der Waals surface area contributed by atoms with E-state index in [1.54, 1.807) is 18.7 Å². The molecule has 1 aliphatic heterocycles.